The number of H-pyrrole nitrogens is 1. The normalized spacial score (nSPS) is 15.3. The van der Waals surface area contributed by atoms with Crippen LogP contribution in [-0.2, 0) is 16.0 Å². The van der Waals surface area contributed by atoms with Gasteiger partial charge in [-0.15, -0.1) is 0 Å². The van der Waals surface area contributed by atoms with Crippen molar-refractivity contribution >= 4 is 22.9 Å². The minimum atomic E-state index is -0.514. The Labute approximate surface area is 169 Å². The number of carbonyl (C=O) groups is 2. The van der Waals surface area contributed by atoms with Crippen LogP contribution in [0.2, 0.25) is 0 Å². The van der Waals surface area contributed by atoms with Crippen LogP contribution in [0.15, 0.2) is 29.1 Å². The molecule has 1 aromatic carbocycles. The highest BCUT2D eigenvalue weighted by atomic mass is 16.6. The number of benzene rings is 1. The molecule has 0 spiro atoms. The number of aromatic amines is 1. The third-order valence-electron chi connectivity index (χ3n) is 4.76. The first-order chi connectivity index (χ1) is 13.7. The Balaban J connectivity index is 1.46. The van der Waals surface area contributed by atoms with Crippen molar-refractivity contribution in [2.75, 3.05) is 13.1 Å². The van der Waals surface area contributed by atoms with Crippen molar-refractivity contribution in [1.29, 1.82) is 0 Å². The van der Waals surface area contributed by atoms with E-state index in [1.807, 2.05) is 26.8 Å². The van der Waals surface area contributed by atoms with E-state index in [9.17, 15) is 14.4 Å². The third kappa shape index (κ3) is 5.79. The van der Waals surface area contributed by atoms with Gasteiger partial charge in [-0.25, -0.2) is 9.78 Å². The molecule has 0 aliphatic carbocycles. The number of carbonyl (C=O) groups excluding carboxylic acids is 2. The number of fused-ring (bicyclic) bond motifs is 1. The van der Waals surface area contributed by atoms with Gasteiger partial charge in [0.15, 0.2) is 0 Å². The maximum absolute atomic E-state index is 12.3. The maximum Gasteiger partial charge on any atom is 0.410 e. The van der Waals surface area contributed by atoms with Crippen molar-refractivity contribution < 1.29 is 14.3 Å². The van der Waals surface area contributed by atoms with Crippen LogP contribution in [0.5, 0.6) is 0 Å². The fraction of sp³-hybridized carbons (Fsp3) is 0.524. The average molecular weight is 400 g/mol. The molecule has 0 radical (unpaired) electrons. The van der Waals surface area contributed by atoms with E-state index in [-0.39, 0.29) is 30.0 Å². The highest BCUT2D eigenvalue weighted by Gasteiger charge is 2.27. The van der Waals surface area contributed by atoms with Crippen LogP contribution < -0.4 is 10.9 Å². The summed E-state index contributed by atoms with van der Waals surface area (Å²) in [4.78, 5) is 45.3. The van der Waals surface area contributed by atoms with E-state index >= 15 is 0 Å². The van der Waals surface area contributed by atoms with E-state index in [4.69, 9.17) is 4.74 Å². The molecule has 1 aromatic heterocycles. The van der Waals surface area contributed by atoms with E-state index in [1.165, 1.54) is 0 Å². The van der Waals surface area contributed by atoms with Crippen molar-refractivity contribution in [3.8, 4) is 0 Å². The molecule has 2 heterocycles. The van der Waals surface area contributed by atoms with Gasteiger partial charge in [-0.3, -0.25) is 9.59 Å². The highest BCUT2D eigenvalue weighted by molar-refractivity contribution is 5.78. The fourth-order valence-corrected chi connectivity index (χ4v) is 3.32. The average Bonchev–Trinajstić information content (AvgIpc) is 2.66. The number of rotatable bonds is 4. The lowest BCUT2D eigenvalue weighted by Crippen LogP contribution is -2.47. The van der Waals surface area contributed by atoms with Crippen molar-refractivity contribution in [2.24, 2.45) is 0 Å². The quantitative estimate of drug-likeness (QED) is 0.820. The number of ether oxygens (including phenoxy) is 1. The van der Waals surface area contributed by atoms with E-state index in [1.54, 1.807) is 23.1 Å². The maximum atomic E-state index is 12.3. The molecule has 0 unspecified atom stereocenters. The molecule has 156 valence electrons. The summed E-state index contributed by atoms with van der Waals surface area (Å²) in [6.45, 7) is 6.64. The van der Waals surface area contributed by atoms with Gasteiger partial charge >= 0.3 is 6.09 Å². The lowest BCUT2D eigenvalue weighted by Gasteiger charge is -2.33. The topological polar surface area (TPSA) is 104 Å². The highest BCUT2D eigenvalue weighted by Crippen LogP contribution is 2.15. The SMILES string of the molecule is CC(C)(C)OC(=O)N1CCC(NC(=O)CCc2nc3ccccc3c(=O)[nH]2)CC1. The predicted molar refractivity (Wildman–Crippen MR) is 110 cm³/mol. The lowest BCUT2D eigenvalue weighted by atomic mass is 10.1. The van der Waals surface area contributed by atoms with Crippen LogP contribution in [-0.4, -0.2) is 51.6 Å². The van der Waals surface area contributed by atoms with Crippen molar-refractivity contribution in [3.05, 3.63) is 40.4 Å². The second kappa shape index (κ2) is 8.63. The van der Waals surface area contributed by atoms with Gasteiger partial charge < -0.3 is 19.9 Å². The van der Waals surface area contributed by atoms with Crippen molar-refractivity contribution in [2.45, 2.75) is 58.1 Å². The Morgan fingerprint density at radius 2 is 1.93 bits per heavy atom. The molecule has 1 fully saturated rings. The van der Waals surface area contributed by atoms with Crippen molar-refractivity contribution in [3.63, 3.8) is 0 Å². The summed E-state index contributed by atoms with van der Waals surface area (Å²) in [5, 5.41) is 3.55. The lowest BCUT2D eigenvalue weighted by molar-refractivity contribution is -0.122. The summed E-state index contributed by atoms with van der Waals surface area (Å²) >= 11 is 0. The molecule has 8 heteroatoms. The van der Waals surface area contributed by atoms with E-state index in [2.05, 4.69) is 15.3 Å². The van der Waals surface area contributed by atoms with Crippen LogP contribution in [0.4, 0.5) is 4.79 Å². The van der Waals surface area contributed by atoms with Gasteiger partial charge in [0, 0.05) is 32.0 Å². The first kappa shape index (κ1) is 20.8. The summed E-state index contributed by atoms with van der Waals surface area (Å²) in [7, 11) is 0. The number of aryl methyl sites for hydroxylation is 1. The molecule has 8 nitrogen and oxygen atoms in total. The molecule has 3 rings (SSSR count). The van der Waals surface area contributed by atoms with Gasteiger partial charge in [0.25, 0.3) is 5.56 Å². The van der Waals surface area contributed by atoms with Gasteiger partial charge in [-0.05, 0) is 45.7 Å². The van der Waals surface area contributed by atoms with E-state index in [0.29, 0.717) is 49.1 Å². The van der Waals surface area contributed by atoms with Gasteiger partial charge in [0.1, 0.15) is 11.4 Å². The van der Waals surface area contributed by atoms with Crippen LogP contribution in [0.3, 0.4) is 0 Å². The molecule has 0 atom stereocenters. The molecule has 2 aromatic rings. The van der Waals surface area contributed by atoms with Gasteiger partial charge in [-0.1, -0.05) is 12.1 Å². The summed E-state index contributed by atoms with van der Waals surface area (Å²) < 4.78 is 5.38. The molecule has 29 heavy (non-hydrogen) atoms. The zero-order valence-electron chi connectivity index (χ0n) is 17.2. The summed E-state index contributed by atoms with van der Waals surface area (Å²) in [5.74, 6) is 0.417. The smallest absolute Gasteiger partial charge is 0.410 e. The van der Waals surface area contributed by atoms with Gasteiger partial charge in [-0.2, -0.15) is 0 Å². The summed E-state index contributed by atoms with van der Waals surface area (Å²) in [6.07, 6.45) is 1.68. The third-order valence-corrected chi connectivity index (χ3v) is 4.76. The number of nitrogens with one attached hydrogen (secondary N) is 2. The number of nitrogens with zero attached hydrogens (tertiary/aromatic N) is 2. The molecular formula is C21H28N4O4. The number of hydrogen-bond acceptors (Lipinski definition) is 5. The number of para-hydroxylation sites is 1. The Morgan fingerprint density at radius 1 is 1.24 bits per heavy atom. The second-order valence-electron chi connectivity index (χ2n) is 8.34. The van der Waals surface area contributed by atoms with E-state index in [0.717, 1.165) is 0 Å². The van der Waals surface area contributed by atoms with Gasteiger partial charge in [0.05, 0.1) is 10.9 Å². The van der Waals surface area contributed by atoms with Crippen LogP contribution >= 0.6 is 0 Å². The number of amides is 2. The first-order valence-corrected chi connectivity index (χ1v) is 9.96. The molecule has 2 N–H and O–H groups in total. The monoisotopic (exact) mass is 400 g/mol. The Morgan fingerprint density at radius 3 is 2.62 bits per heavy atom. The Hall–Kier alpha value is -2.90. The van der Waals surface area contributed by atoms with Crippen LogP contribution in [0.25, 0.3) is 10.9 Å². The zero-order valence-corrected chi connectivity index (χ0v) is 17.2. The van der Waals surface area contributed by atoms with E-state index < -0.39 is 5.60 Å². The minimum absolute atomic E-state index is 0.0322. The summed E-state index contributed by atoms with van der Waals surface area (Å²) in [6, 6.07) is 7.16. The first-order valence-electron chi connectivity index (χ1n) is 9.96. The second-order valence-corrected chi connectivity index (χ2v) is 8.34. The van der Waals surface area contributed by atoms with Crippen LogP contribution in [0.1, 0.15) is 45.9 Å². The molecule has 1 aliphatic rings. The number of aromatic nitrogens is 2. The Kier molecular flexibility index (Phi) is 6.20. The van der Waals surface area contributed by atoms with Crippen LogP contribution in [0, 0.1) is 0 Å². The standard InChI is InChI=1S/C21H28N4O4/c1-21(2,3)29-20(28)25-12-10-14(11-13-25)22-18(26)9-8-17-23-16-7-5-4-6-15(16)19(27)24-17/h4-7,14H,8-13H2,1-3H3,(H,22,26)(H,23,24,27). The van der Waals surface area contributed by atoms with Crippen molar-refractivity contribution in [1.82, 2.24) is 20.2 Å². The van der Waals surface area contributed by atoms with Gasteiger partial charge in [0.2, 0.25) is 5.91 Å². The number of likely N-dealkylation sites (tertiary alicyclic amines) is 1. The minimum Gasteiger partial charge on any atom is -0.444 e. The summed E-state index contributed by atoms with van der Waals surface area (Å²) in [5.41, 5.74) is -0.0818. The fourth-order valence-electron chi connectivity index (χ4n) is 3.32. The molecule has 0 bridgehead atoms. The number of hydrogen-bond donors (Lipinski definition) is 2. The predicted octanol–water partition coefficient (Wildman–Crippen LogP) is 2.37. The molecule has 0 saturated carbocycles. The Bertz CT molecular complexity index is 940. The zero-order chi connectivity index (χ0) is 21.0. The largest absolute Gasteiger partial charge is 0.444 e. The molecule has 2 amide bonds. The molecular weight excluding hydrogens is 372 g/mol. The number of piperidine rings is 1. The molecule has 1 saturated heterocycles. The molecule has 1 aliphatic heterocycles.